The molecule has 2 aromatic carbocycles. The van der Waals surface area contributed by atoms with Gasteiger partial charge in [-0.15, -0.1) is 0 Å². The molecule has 0 saturated carbocycles. The van der Waals surface area contributed by atoms with Gasteiger partial charge in [-0.1, -0.05) is 61.5 Å². The third-order valence-corrected chi connectivity index (χ3v) is 4.34. The maximum absolute atomic E-state index is 12.6. The van der Waals surface area contributed by atoms with Crippen molar-refractivity contribution in [2.45, 2.75) is 26.3 Å². The van der Waals surface area contributed by atoms with Gasteiger partial charge in [-0.3, -0.25) is 9.78 Å². The van der Waals surface area contributed by atoms with Crippen molar-refractivity contribution in [3.63, 3.8) is 0 Å². The van der Waals surface area contributed by atoms with Crippen molar-refractivity contribution in [3.05, 3.63) is 89.7 Å². The lowest BCUT2D eigenvalue weighted by atomic mass is 10.0. The van der Waals surface area contributed by atoms with Crippen LogP contribution in [0.1, 0.15) is 41.4 Å². The number of benzene rings is 2. The van der Waals surface area contributed by atoms with E-state index in [-0.39, 0.29) is 11.9 Å². The molecule has 1 unspecified atom stereocenters. The normalized spacial score (nSPS) is 11.8. The minimum Gasteiger partial charge on any atom is -0.345 e. The van der Waals surface area contributed by atoms with Crippen molar-refractivity contribution in [2.75, 3.05) is 0 Å². The molecule has 0 aliphatic heterocycles. The van der Waals surface area contributed by atoms with Gasteiger partial charge in [0.1, 0.15) is 0 Å². The Morgan fingerprint density at radius 3 is 2.40 bits per heavy atom. The van der Waals surface area contributed by atoms with Crippen LogP contribution in [0.5, 0.6) is 0 Å². The molecule has 0 radical (unpaired) electrons. The fourth-order valence-electron chi connectivity index (χ4n) is 2.76. The molecule has 0 aliphatic carbocycles. The van der Waals surface area contributed by atoms with E-state index in [4.69, 9.17) is 0 Å². The van der Waals surface area contributed by atoms with Crippen molar-refractivity contribution >= 4 is 5.91 Å². The molecule has 1 N–H and O–H groups in total. The Hall–Kier alpha value is -2.94. The van der Waals surface area contributed by atoms with Crippen LogP contribution in [0.25, 0.3) is 11.1 Å². The number of amides is 1. The van der Waals surface area contributed by atoms with Crippen LogP contribution in [-0.4, -0.2) is 10.9 Å². The number of rotatable bonds is 5. The molecule has 0 spiro atoms. The molecule has 1 heterocycles. The number of aryl methyl sites for hydroxylation is 1. The number of carbonyl (C=O) groups excluding carboxylic acids is 1. The third-order valence-electron chi connectivity index (χ3n) is 4.34. The van der Waals surface area contributed by atoms with Gasteiger partial charge in [0.25, 0.3) is 5.91 Å². The summed E-state index contributed by atoms with van der Waals surface area (Å²) in [7, 11) is 0. The van der Waals surface area contributed by atoms with E-state index in [1.54, 1.807) is 12.4 Å². The van der Waals surface area contributed by atoms with Crippen molar-refractivity contribution in [1.82, 2.24) is 10.3 Å². The van der Waals surface area contributed by atoms with Crippen LogP contribution in [0.4, 0.5) is 0 Å². The van der Waals surface area contributed by atoms with E-state index < -0.39 is 0 Å². The largest absolute Gasteiger partial charge is 0.345 e. The second kappa shape index (κ2) is 7.75. The molecule has 3 heteroatoms. The lowest BCUT2D eigenvalue weighted by Crippen LogP contribution is -2.26. The molecular formula is C22H22N2O. The summed E-state index contributed by atoms with van der Waals surface area (Å²) < 4.78 is 0. The number of pyridine rings is 1. The van der Waals surface area contributed by atoms with Crippen molar-refractivity contribution < 1.29 is 4.79 Å². The van der Waals surface area contributed by atoms with Gasteiger partial charge in [0.2, 0.25) is 0 Å². The zero-order valence-electron chi connectivity index (χ0n) is 14.6. The monoisotopic (exact) mass is 330 g/mol. The number of hydrogen-bond donors (Lipinski definition) is 1. The smallest absolute Gasteiger partial charge is 0.253 e. The van der Waals surface area contributed by atoms with Gasteiger partial charge >= 0.3 is 0 Å². The first-order valence-electron chi connectivity index (χ1n) is 8.57. The molecule has 25 heavy (non-hydrogen) atoms. The summed E-state index contributed by atoms with van der Waals surface area (Å²) >= 11 is 0. The van der Waals surface area contributed by atoms with Gasteiger partial charge in [0.15, 0.2) is 0 Å². The number of carbonyl (C=O) groups is 1. The highest BCUT2D eigenvalue weighted by Gasteiger charge is 2.12. The Morgan fingerprint density at radius 2 is 1.72 bits per heavy atom. The lowest BCUT2D eigenvalue weighted by Gasteiger charge is -2.14. The summed E-state index contributed by atoms with van der Waals surface area (Å²) in [5, 5.41) is 3.03. The van der Waals surface area contributed by atoms with Crippen LogP contribution in [0.2, 0.25) is 0 Å². The highest BCUT2D eigenvalue weighted by Crippen LogP contribution is 2.21. The Kier molecular flexibility index (Phi) is 5.24. The number of nitrogens with one attached hydrogen (secondary N) is 1. The summed E-state index contributed by atoms with van der Waals surface area (Å²) in [6.45, 7) is 4.11. The average molecular weight is 330 g/mol. The van der Waals surface area contributed by atoms with Crippen LogP contribution in [0.15, 0.2) is 73.1 Å². The van der Waals surface area contributed by atoms with E-state index in [2.05, 4.69) is 41.5 Å². The minimum absolute atomic E-state index is 0.0545. The maximum atomic E-state index is 12.6. The second-order valence-electron chi connectivity index (χ2n) is 6.12. The van der Waals surface area contributed by atoms with Crippen molar-refractivity contribution in [2.24, 2.45) is 0 Å². The van der Waals surface area contributed by atoms with Gasteiger partial charge in [-0.05, 0) is 36.1 Å². The van der Waals surface area contributed by atoms with Crippen LogP contribution in [0.3, 0.4) is 0 Å². The van der Waals surface area contributed by atoms with Gasteiger partial charge in [-0.2, -0.15) is 0 Å². The third kappa shape index (κ3) is 4.13. The molecule has 3 aromatic rings. The quantitative estimate of drug-likeness (QED) is 0.730. The van der Waals surface area contributed by atoms with Gasteiger partial charge in [0.05, 0.1) is 11.6 Å². The summed E-state index contributed by atoms with van der Waals surface area (Å²) in [5.74, 6) is -0.115. The predicted molar refractivity (Wildman–Crippen MR) is 101 cm³/mol. The fraction of sp³-hybridized carbons (Fsp3) is 0.182. The Labute approximate surface area is 148 Å². The second-order valence-corrected chi connectivity index (χ2v) is 6.12. The molecule has 1 aromatic heterocycles. The minimum atomic E-state index is -0.115. The van der Waals surface area contributed by atoms with Gasteiger partial charge < -0.3 is 5.32 Å². The van der Waals surface area contributed by atoms with Crippen LogP contribution >= 0.6 is 0 Å². The van der Waals surface area contributed by atoms with Crippen molar-refractivity contribution in [1.29, 1.82) is 0 Å². The molecule has 3 rings (SSSR count). The predicted octanol–water partition coefficient (Wildman–Crippen LogP) is 4.80. The summed E-state index contributed by atoms with van der Waals surface area (Å²) in [4.78, 5) is 16.8. The van der Waals surface area contributed by atoms with E-state index in [1.165, 1.54) is 5.56 Å². The molecule has 0 bridgehead atoms. The Bertz CT molecular complexity index is 841. The SMILES string of the molecule is CCc1ccc(-c2cncc(C(=O)NC(C)c3ccccc3)c2)cc1. The van der Waals surface area contributed by atoms with Crippen LogP contribution in [0, 0.1) is 0 Å². The highest BCUT2D eigenvalue weighted by molar-refractivity contribution is 5.95. The fourth-order valence-corrected chi connectivity index (χ4v) is 2.76. The molecule has 126 valence electrons. The topological polar surface area (TPSA) is 42.0 Å². The summed E-state index contributed by atoms with van der Waals surface area (Å²) in [5.41, 5.74) is 4.95. The first-order valence-corrected chi connectivity index (χ1v) is 8.57. The van der Waals surface area contributed by atoms with Gasteiger partial charge in [-0.25, -0.2) is 0 Å². The van der Waals surface area contributed by atoms with Crippen LogP contribution in [-0.2, 0) is 6.42 Å². The van der Waals surface area contributed by atoms with E-state index in [0.717, 1.165) is 23.1 Å². The molecular weight excluding hydrogens is 308 g/mol. The highest BCUT2D eigenvalue weighted by atomic mass is 16.1. The standard InChI is InChI=1S/C22H22N2O/c1-3-17-9-11-19(12-10-17)20-13-21(15-23-14-20)22(25)24-16(2)18-7-5-4-6-8-18/h4-16H,3H2,1-2H3,(H,24,25). The first-order chi connectivity index (χ1) is 12.2. The Balaban J connectivity index is 1.77. The van der Waals surface area contributed by atoms with E-state index >= 15 is 0 Å². The van der Waals surface area contributed by atoms with Crippen LogP contribution < -0.4 is 5.32 Å². The number of nitrogens with zero attached hydrogens (tertiary/aromatic N) is 1. The molecule has 0 saturated heterocycles. The zero-order valence-corrected chi connectivity index (χ0v) is 14.6. The molecule has 1 atom stereocenters. The zero-order chi connectivity index (χ0) is 17.6. The molecule has 3 nitrogen and oxygen atoms in total. The molecule has 1 amide bonds. The average Bonchev–Trinajstić information content (AvgIpc) is 2.68. The maximum Gasteiger partial charge on any atom is 0.253 e. The number of hydrogen-bond acceptors (Lipinski definition) is 2. The lowest BCUT2D eigenvalue weighted by molar-refractivity contribution is 0.0939. The molecule has 0 fully saturated rings. The van der Waals surface area contributed by atoms with Crippen molar-refractivity contribution in [3.8, 4) is 11.1 Å². The Morgan fingerprint density at radius 1 is 1.00 bits per heavy atom. The van der Waals surface area contributed by atoms with E-state index in [0.29, 0.717) is 5.56 Å². The summed E-state index contributed by atoms with van der Waals surface area (Å²) in [6.07, 6.45) is 4.41. The summed E-state index contributed by atoms with van der Waals surface area (Å²) in [6, 6.07) is 20.1. The molecule has 0 aliphatic rings. The van der Waals surface area contributed by atoms with E-state index in [1.807, 2.05) is 43.3 Å². The number of aromatic nitrogens is 1. The van der Waals surface area contributed by atoms with E-state index in [9.17, 15) is 4.79 Å². The first kappa shape index (κ1) is 16.9. The van der Waals surface area contributed by atoms with Gasteiger partial charge in [0, 0.05) is 18.0 Å².